The molecule has 0 aliphatic carbocycles. The largest absolute Gasteiger partial charge is 0.339 e. The molecule has 7 nitrogen and oxygen atoms in total. The molecule has 0 radical (unpaired) electrons. The Balaban J connectivity index is 1.74. The fourth-order valence-electron chi connectivity index (χ4n) is 3.52. The monoisotopic (exact) mass is 410 g/mol. The fraction of sp³-hybridized carbons (Fsp3) is 0.286. The number of hydrogen-bond acceptors (Lipinski definition) is 5. The lowest BCUT2D eigenvalue weighted by molar-refractivity contribution is -0.132. The van der Waals surface area contributed by atoms with Crippen molar-refractivity contribution >= 4 is 17.5 Å². The first-order valence-electron chi connectivity index (χ1n) is 9.60. The number of carbonyl (C=O) groups excluding carboxylic acids is 1. The van der Waals surface area contributed by atoms with Gasteiger partial charge in [-0.1, -0.05) is 23.7 Å². The third-order valence-corrected chi connectivity index (χ3v) is 5.28. The van der Waals surface area contributed by atoms with E-state index in [2.05, 4.69) is 15.3 Å². The Kier molecular flexibility index (Phi) is 5.89. The molecule has 8 heteroatoms. The minimum atomic E-state index is 0.0842. The lowest BCUT2D eigenvalue weighted by atomic mass is 10.0. The van der Waals surface area contributed by atoms with Crippen molar-refractivity contribution in [2.45, 2.75) is 13.1 Å². The number of pyridine rings is 1. The summed E-state index contributed by atoms with van der Waals surface area (Å²) in [5.41, 5.74) is 10.1. The van der Waals surface area contributed by atoms with Crippen molar-refractivity contribution in [3.8, 4) is 22.5 Å². The average molecular weight is 411 g/mol. The Morgan fingerprint density at radius 3 is 2.59 bits per heavy atom. The van der Waals surface area contributed by atoms with E-state index in [1.54, 1.807) is 12.5 Å². The molecule has 3 heterocycles. The van der Waals surface area contributed by atoms with Crippen molar-refractivity contribution < 1.29 is 4.79 Å². The van der Waals surface area contributed by atoms with Gasteiger partial charge in [0, 0.05) is 55.1 Å². The van der Waals surface area contributed by atoms with E-state index in [9.17, 15) is 4.79 Å². The molecule has 29 heavy (non-hydrogen) atoms. The Labute approximate surface area is 174 Å². The molecule has 0 unspecified atom stereocenters. The SMILES string of the molecule is NCc1cc(-c2c(-c3ccc(Cl)cc3)ncn2CC(=O)N2CCNCC2)ccn1. The molecule has 2 aromatic heterocycles. The number of carbonyl (C=O) groups is 1. The maximum atomic E-state index is 12.9. The zero-order valence-corrected chi connectivity index (χ0v) is 16.8. The molecule has 0 atom stereocenters. The number of hydrogen-bond donors (Lipinski definition) is 2. The van der Waals surface area contributed by atoms with Crippen LogP contribution in [0.5, 0.6) is 0 Å². The van der Waals surface area contributed by atoms with E-state index >= 15 is 0 Å². The summed E-state index contributed by atoms with van der Waals surface area (Å²) in [6.07, 6.45) is 3.46. The second-order valence-corrected chi connectivity index (χ2v) is 7.38. The minimum Gasteiger partial charge on any atom is -0.339 e. The average Bonchev–Trinajstić information content (AvgIpc) is 3.18. The van der Waals surface area contributed by atoms with Crippen LogP contribution in [0.1, 0.15) is 5.69 Å². The van der Waals surface area contributed by atoms with Crippen LogP contribution < -0.4 is 11.1 Å². The number of amides is 1. The summed E-state index contributed by atoms with van der Waals surface area (Å²) < 4.78 is 1.91. The molecule has 3 N–H and O–H groups in total. The Hall–Kier alpha value is -2.74. The summed E-state index contributed by atoms with van der Waals surface area (Å²) in [4.78, 5) is 23.7. The van der Waals surface area contributed by atoms with Crippen LogP contribution in [-0.2, 0) is 17.9 Å². The van der Waals surface area contributed by atoms with E-state index in [4.69, 9.17) is 17.3 Å². The Morgan fingerprint density at radius 2 is 1.86 bits per heavy atom. The van der Waals surface area contributed by atoms with Crippen molar-refractivity contribution in [2.24, 2.45) is 5.73 Å². The van der Waals surface area contributed by atoms with Crippen molar-refractivity contribution in [3.05, 3.63) is 59.6 Å². The van der Waals surface area contributed by atoms with Crippen LogP contribution >= 0.6 is 11.6 Å². The molecule has 3 aromatic rings. The van der Waals surface area contributed by atoms with Crippen LogP contribution in [0.25, 0.3) is 22.5 Å². The molecule has 0 saturated carbocycles. The third kappa shape index (κ3) is 4.32. The van der Waals surface area contributed by atoms with Gasteiger partial charge in [0.2, 0.25) is 5.91 Å². The quantitative estimate of drug-likeness (QED) is 0.672. The number of nitrogens with two attached hydrogens (primary N) is 1. The molecule has 1 fully saturated rings. The van der Waals surface area contributed by atoms with Crippen molar-refractivity contribution in [3.63, 3.8) is 0 Å². The van der Waals surface area contributed by atoms with Gasteiger partial charge in [0.05, 0.1) is 23.4 Å². The highest BCUT2D eigenvalue weighted by Crippen LogP contribution is 2.32. The van der Waals surface area contributed by atoms with E-state index < -0.39 is 0 Å². The van der Waals surface area contributed by atoms with Crippen molar-refractivity contribution in [1.82, 2.24) is 24.8 Å². The number of piperazine rings is 1. The van der Waals surface area contributed by atoms with Gasteiger partial charge in [-0.3, -0.25) is 9.78 Å². The summed E-state index contributed by atoms with van der Waals surface area (Å²) in [5.74, 6) is 0.0842. The second-order valence-electron chi connectivity index (χ2n) is 6.95. The topological polar surface area (TPSA) is 89.1 Å². The fourth-order valence-corrected chi connectivity index (χ4v) is 3.65. The van der Waals surface area contributed by atoms with Crippen LogP contribution in [-0.4, -0.2) is 51.5 Å². The molecule has 0 bridgehead atoms. The number of imidazole rings is 1. The standard InChI is InChI=1S/C21H23ClN6O/c22-17-3-1-15(2-4-17)20-21(16-5-6-25-18(11-16)12-23)28(14-26-20)13-19(29)27-9-7-24-8-10-27/h1-6,11,14,24H,7-10,12-13,23H2. The summed E-state index contributed by atoms with van der Waals surface area (Å²) >= 11 is 6.05. The molecule has 1 aliphatic heterocycles. The van der Waals surface area contributed by atoms with E-state index in [1.807, 2.05) is 45.9 Å². The molecular weight excluding hydrogens is 388 g/mol. The zero-order valence-electron chi connectivity index (χ0n) is 16.0. The Morgan fingerprint density at radius 1 is 1.10 bits per heavy atom. The summed E-state index contributed by atoms with van der Waals surface area (Å²) in [5, 5.41) is 3.94. The van der Waals surface area contributed by atoms with Crippen molar-refractivity contribution in [1.29, 1.82) is 0 Å². The molecule has 1 aliphatic rings. The first-order valence-corrected chi connectivity index (χ1v) is 9.98. The molecule has 150 valence electrons. The number of rotatable bonds is 5. The molecule has 0 spiro atoms. The van der Waals surface area contributed by atoms with Gasteiger partial charge in [-0.25, -0.2) is 4.98 Å². The van der Waals surface area contributed by atoms with Gasteiger partial charge < -0.3 is 20.5 Å². The minimum absolute atomic E-state index is 0.0842. The van der Waals surface area contributed by atoms with Gasteiger partial charge in [-0.15, -0.1) is 0 Å². The maximum Gasteiger partial charge on any atom is 0.242 e. The van der Waals surface area contributed by atoms with E-state index in [-0.39, 0.29) is 12.5 Å². The predicted octanol–water partition coefficient (Wildman–Crippen LogP) is 2.16. The normalized spacial score (nSPS) is 14.2. The molecule has 1 amide bonds. The highest BCUT2D eigenvalue weighted by molar-refractivity contribution is 6.30. The van der Waals surface area contributed by atoms with Crippen LogP contribution in [0.4, 0.5) is 0 Å². The molecular formula is C21H23ClN6O. The van der Waals surface area contributed by atoms with E-state index in [0.29, 0.717) is 11.6 Å². The van der Waals surface area contributed by atoms with Crippen LogP contribution in [0.2, 0.25) is 5.02 Å². The van der Waals surface area contributed by atoms with Gasteiger partial charge in [-0.2, -0.15) is 0 Å². The van der Waals surface area contributed by atoms with E-state index in [1.165, 1.54) is 0 Å². The number of nitrogens with zero attached hydrogens (tertiary/aromatic N) is 4. The van der Waals surface area contributed by atoms with Gasteiger partial charge in [0.15, 0.2) is 0 Å². The molecule has 1 aromatic carbocycles. The highest BCUT2D eigenvalue weighted by Gasteiger charge is 2.21. The first kappa shape index (κ1) is 19.6. The van der Waals surface area contributed by atoms with Crippen LogP contribution in [0, 0.1) is 0 Å². The maximum absolute atomic E-state index is 12.9. The second kappa shape index (κ2) is 8.73. The van der Waals surface area contributed by atoms with E-state index in [0.717, 1.165) is 54.4 Å². The lowest BCUT2D eigenvalue weighted by Crippen LogP contribution is -2.47. The third-order valence-electron chi connectivity index (χ3n) is 5.03. The smallest absolute Gasteiger partial charge is 0.242 e. The molecule has 4 rings (SSSR count). The van der Waals surface area contributed by atoms with Gasteiger partial charge in [-0.05, 0) is 24.3 Å². The zero-order chi connectivity index (χ0) is 20.2. The summed E-state index contributed by atoms with van der Waals surface area (Å²) in [6.45, 7) is 3.67. The van der Waals surface area contributed by atoms with Gasteiger partial charge in [0.25, 0.3) is 0 Å². The number of halogens is 1. The summed E-state index contributed by atoms with van der Waals surface area (Å²) in [7, 11) is 0. The first-order chi connectivity index (χ1) is 14.2. The number of benzene rings is 1. The predicted molar refractivity (Wildman–Crippen MR) is 113 cm³/mol. The van der Waals surface area contributed by atoms with Crippen LogP contribution in [0.15, 0.2) is 48.9 Å². The van der Waals surface area contributed by atoms with Crippen LogP contribution in [0.3, 0.4) is 0 Å². The van der Waals surface area contributed by atoms with Crippen molar-refractivity contribution in [2.75, 3.05) is 26.2 Å². The summed E-state index contributed by atoms with van der Waals surface area (Å²) in [6, 6.07) is 11.4. The Bertz CT molecular complexity index is 995. The lowest BCUT2D eigenvalue weighted by Gasteiger charge is -2.27. The number of aromatic nitrogens is 3. The van der Waals surface area contributed by atoms with Gasteiger partial charge >= 0.3 is 0 Å². The molecule has 1 saturated heterocycles. The number of nitrogens with one attached hydrogen (secondary N) is 1. The highest BCUT2D eigenvalue weighted by atomic mass is 35.5. The van der Waals surface area contributed by atoms with Gasteiger partial charge in [0.1, 0.15) is 6.54 Å².